The second-order valence-electron chi connectivity index (χ2n) is 12.5. The molecule has 0 aliphatic heterocycles. The molecule has 3 saturated carbocycles. The molecule has 5 unspecified atom stereocenters. The lowest BCUT2D eigenvalue weighted by molar-refractivity contribution is -0.148. The first-order valence-electron chi connectivity index (χ1n) is 13.8. The molecule has 4 aliphatic carbocycles. The highest BCUT2D eigenvalue weighted by atomic mass is 32.2. The average Bonchev–Trinajstić information content (AvgIpc) is 3.16. The van der Waals surface area contributed by atoms with Gasteiger partial charge in [0.05, 0.1) is 11.0 Å². The Kier molecular flexibility index (Phi) is 6.68. The van der Waals surface area contributed by atoms with Gasteiger partial charge in [-0.1, -0.05) is 43.2 Å². The van der Waals surface area contributed by atoms with Crippen LogP contribution in [0.4, 0.5) is 0 Å². The van der Waals surface area contributed by atoms with E-state index in [9.17, 15) is 13.2 Å². The second-order valence-corrected chi connectivity index (χ2v) is 14.1. The molecular formula is C30H42O5S. The van der Waals surface area contributed by atoms with Gasteiger partial charge in [-0.3, -0.25) is 8.98 Å². The zero-order valence-corrected chi connectivity index (χ0v) is 23.3. The van der Waals surface area contributed by atoms with Gasteiger partial charge in [-0.25, -0.2) is 0 Å². The summed E-state index contributed by atoms with van der Waals surface area (Å²) in [6.45, 7) is 10.3. The first kappa shape index (κ1) is 26.0. The van der Waals surface area contributed by atoms with Crippen LogP contribution in [0.25, 0.3) is 0 Å². The summed E-state index contributed by atoms with van der Waals surface area (Å²) >= 11 is 0. The number of carbonyl (C=O) groups excluding carboxylic acids is 1. The van der Waals surface area contributed by atoms with Crippen molar-refractivity contribution in [3.8, 4) is 0 Å². The molecule has 36 heavy (non-hydrogen) atoms. The van der Waals surface area contributed by atoms with E-state index in [4.69, 9.17) is 8.92 Å². The van der Waals surface area contributed by atoms with Crippen LogP contribution in [0.15, 0.2) is 40.8 Å². The minimum absolute atomic E-state index is 0.0246. The summed E-state index contributed by atoms with van der Waals surface area (Å²) in [5.74, 6) is 1.94. The summed E-state index contributed by atoms with van der Waals surface area (Å²) < 4.78 is 37.5. The molecule has 5 rings (SSSR count). The van der Waals surface area contributed by atoms with Gasteiger partial charge in [0.25, 0.3) is 10.1 Å². The minimum Gasteiger partial charge on any atom is -0.462 e. The molecule has 0 amide bonds. The Bertz CT molecular complexity index is 1140. The van der Waals surface area contributed by atoms with Gasteiger partial charge in [-0.2, -0.15) is 8.42 Å². The van der Waals surface area contributed by atoms with E-state index in [0.717, 1.165) is 50.5 Å². The van der Waals surface area contributed by atoms with Gasteiger partial charge in [0.2, 0.25) is 0 Å². The van der Waals surface area contributed by atoms with E-state index in [0.29, 0.717) is 17.8 Å². The van der Waals surface area contributed by atoms with Crippen molar-refractivity contribution in [2.75, 3.05) is 0 Å². The quantitative estimate of drug-likeness (QED) is 0.252. The van der Waals surface area contributed by atoms with Crippen molar-refractivity contribution >= 4 is 16.1 Å². The largest absolute Gasteiger partial charge is 0.462 e. The molecule has 1 aromatic carbocycles. The van der Waals surface area contributed by atoms with E-state index in [1.54, 1.807) is 12.1 Å². The molecule has 1 aromatic rings. The van der Waals surface area contributed by atoms with Gasteiger partial charge < -0.3 is 4.74 Å². The summed E-state index contributed by atoms with van der Waals surface area (Å²) in [5, 5.41) is 0. The third-order valence-corrected chi connectivity index (χ3v) is 12.0. The Morgan fingerprint density at radius 3 is 2.44 bits per heavy atom. The van der Waals surface area contributed by atoms with Crippen LogP contribution in [-0.2, 0) is 23.8 Å². The van der Waals surface area contributed by atoms with Crippen molar-refractivity contribution in [2.45, 2.75) is 103 Å². The molecule has 198 valence electrons. The van der Waals surface area contributed by atoms with Crippen LogP contribution < -0.4 is 0 Å². The first-order valence-corrected chi connectivity index (χ1v) is 15.2. The molecular weight excluding hydrogens is 472 g/mol. The molecule has 0 N–H and O–H groups in total. The van der Waals surface area contributed by atoms with Crippen LogP contribution in [0.3, 0.4) is 0 Å². The molecule has 0 bridgehead atoms. The Morgan fingerprint density at radius 2 is 1.75 bits per heavy atom. The van der Waals surface area contributed by atoms with Gasteiger partial charge in [-0.05, 0) is 105 Å². The summed E-state index contributed by atoms with van der Waals surface area (Å²) in [6.07, 6.45) is 10.6. The van der Waals surface area contributed by atoms with Gasteiger partial charge in [0.1, 0.15) is 6.10 Å². The maximum atomic E-state index is 13.0. The fourth-order valence-corrected chi connectivity index (χ4v) is 9.92. The average molecular weight is 515 g/mol. The van der Waals surface area contributed by atoms with E-state index >= 15 is 0 Å². The number of hydrogen-bond acceptors (Lipinski definition) is 5. The van der Waals surface area contributed by atoms with Crippen molar-refractivity contribution in [1.29, 1.82) is 0 Å². The zero-order valence-electron chi connectivity index (χ0n) is 22.5. The predicted octanol–water partition coefficient (Wildman–Crippen LogP) is 6.60. The number of rotatable bonds is 5. The summed E-state index contributed by atoms with van der Waals surface area (Å²) in [6, 6.07) is 6.93. The van der Waals surface area contributed by atoms with Crippen molar-refractivity contribution in [2.24, 2.45) is 34.5 Å². The predicted molar refractivity (Wildman–Crippen MR) is 140 cm³/mol. The normalized spacial score (nSPS) is 38.8. The maximum Gasteiger partial charge on any atom is 0.302 e. The lowest BCUT2D eigenvalue weighted by Gasteiger charge is -2.58. The fraction of sp³-hybridized carbons (Fsp3) is 0.700. The molecule has 0 aromatic heterocycles. The van der Waals surface area contributed by atoms with Crippen molar-refractivity contribution in [3.05, 3.63) is 41.5 Å². The zero-order chi connectivity index (χ0) is 25.9. The van der Waals surface area contributed by atoms with Crippen molar-refractivity contribution < 1.29 is 22.1 Å². The first-order chi connectivity index (χ1) is 16.9. The number of aryl methyl sites for hydroxylation is 1. The second kappa shape index (κ2) is 9.27. The Hall–Kier alpha value is -1.66. The van der Waals surface area contributed by atoms with Crippen LogP contribution in [0.2, 0.25) is 0 Å². The Balaban J connectivity index is 1.32. The van der Waals surface area contributed by atoms with Crippen LogP contribution in [0, 0.1) is 41.4 Å². The minimum atomic E-state index is -3.79. The van der Waals surface area contributed by atoms with Gasteiger partial charge in [0.15, 0.2) is 0 Å². The van der Waals surface area contributed by atoms with E-state index in [-0.39, 0.29) is 39.8 Å². The number of ether oxygens (including phenoxy) is 1. The van der Waals surface area contributed by atoms with Gasteiger partial charge in [-0.15, -0.1) is 0 Å². The fourth-order valence-electron chi connectivity index (χ4n) is 8.80. The number of benzene rings is 1. The number of allylic oxidation sites excluding steroid dienone is 1. The van der Waals surface area contributed by atoms with E-state index < -0.39 is 10.1 Å². The molecule has 0 radical (unpaired) electrons. The van der Waals surface area contributed by atoms with Crippen LogP contribution >= 0.6 is 0 Å². The monoisotopic (exact) mass is 514 g/mol. The topological polar surface area (TPSA) is 69.7 Å². The third kappa shape index (κ3) is 4.36. The van der Waals surface area contributed by atoms with E-state index in [1.165, 1.54) is 18.9 Å². The Labute approximate surface area is 217 Å². The molecule has 0 spiro atoms. The van der Waals surface area contributed by atoms with E-state index in [1.807, 2.05) is 26.0 Å². The van der Waals surface area contributed by atoms with Gasteiger partial charge >= 0.3 is 5.97 Å². The third-order valence-electron chi connectivity index (χ3n) is 10.6. The highest BCUT2D eigenvalue weighted by Gasteiger charge is 2.59. The number of esters is 1. The number of carbonyl (C=O) groups is 1. The van der Waals surface area contributed by atoms with Crippen molar-refractivity contribution in [1.82, 2.24) is 0 Å². The number of hydrogen-bond donors (Lipinski definition) is 0. The molecule has 6 heteroatoms. The highest BCUT2D eigenvalue weighted by molar-refractivity contribution is 7.86. The molecule has 4 aliphatic rings. The lowest BCUT2D eigenvalue weighted by atomic mass is 9.47. The van der Waals surface area contributed by atoms with Crippen LogP contribution in [-0.4, -0.2) is 26.6 Å². The molecule has 5 nitrogen and oxygen atoms in total. The molecule has 3 fully saturated rings. The summed E-state index contributed by atoms with van der Waals surface area (Å²) in [4.78, 5) is 11.8. The van der Waals surface area contributed by atoms with Crippen molar-refractivity contribution in [3.63, 3.8) is 0 Å². The summed E-state index contributed by atoms with van der Waals surface area (Å²) in [5.41, 5.74) is 2.82. The smallest absolute Gasteiger partial charge is 0.302 e. The van der Waals surface area contributed by atoms with E-state index in [2.05, 4.69) is 19.9 Å². The van der Waals surface area contributed by atoms with Crippen LogP contribution in [0.5, 0.6) is 0 Å². The highest BCUT2D eigenvalue weighted by Crippen LogP contribution is 2.67. The maximum absolute atomic E-state index is 13.0. The van der Waals surface area contributed by atoms with Gasteiger partial charge in [0, 0.05) is 13.3 Å². The molecule has 8 atom stereocenters. The SMILES string of the molecule is CC(=O)O[C@H]1CCC2(C)C(=CC[C@@H]3C2CCC2(C)C3CC[C@@H]2C(C)OS(=O)(=O)c2ccc(C)cc2)C1. The molecule has 0 heterocycles. The Morgan fingerprint density at radius 1 is 1.03 bits per heavy atom. The number of fused-ring (bicyclic) bond motifs is 5. The summed E-state index contributed by atoms with van der Waals surface area (Å²) in [7, 11) is -3.79. The standard InChI is InChI=1S/C30H42O5S/c1-19-6-9-24(10-7-19)36(32,33)35-20(2)26-12-13-27-25-11-8-22-18-23(34-21(3)31)14-16-29(22,4)28(25)15-17-30(26,27)5/h6-10,20,23,25-28H,11-18H2,1-5H3/t20?,23-,25-,26+,27?,28?,29?,30?/m0/s1. The lowest BCUT2D eigenvalue weighted by Crippen LogP contribution is -2.51. The van der Waals surface area contributed by atoms with Crippen LogP contribution in [0.1, 0.15) is 84.6 Å². The molecule has 0 saturated heterocycles.